The lowest BCUT2D eigenvalue weighted by Crippen LogP contribution is -2.17. The fourth-order valence-corrected chi connectivity index (χ4v) is 3.60. The maximum absolute atomic E-state index is 12.5. The largest absolute Gasteiger partial charge is 0.496 e. The summed E-state index contributed by atoms with van der Waals surface area (Å²) in [5.74, 6) is 2.67. The third-order valence-corrected chi connectivity index (χ3v) is 5.09. The van der Waals surface area contributed by atoms with E-state index in [0.717, 1.165) is 17.1 Å². The van der Waals surface area contributed by atoms with Gasteiger partial charge in [-0.05, 0) is 24.3 Å². The predicted molar refractivity (Wildman–Crippen MR) is 119 cm³/mol. The lowest BCUT2D eigenvalue weighted by atomic mass is 10.1. The van der Waals surface area contributed by atoms with Gasteiger partial charge in [0.2, 0.25) is 12.7 Å². The molecule has 0 saturated heterocycles. The van der Waals surface area contributed by atoms with Crippen molar-refractivity contribution in [1.82, 2.24) is 14.4 Å². The SMILES string of the molecule is COc1ccccc1-c1nc2cnccn2c1NCCC(=O)Nc1ccc2c(c1)OCO2. The third-order valence-electron chi connectivity index (χ3n) is 5.09. The molecule has 1 aliphatic rings. The number of methoxy groups -OCH3 is 1. The van der Waals surface area contributed by atoms with Gasteiger partial charge < -0.3 is 24.8 Å². The van der Waals surface area contributed by atoms with E-state index in [1.807, 2.05) is 34.9 Å². The van der Waals surface area contributed by atoms with Crippen molar-refractivity contribution in [2.75, 3.05) is 31.1 Å². The summed E-state index contributed by atoms with van der Waals surface area (Å²) in [5, 5.41) is 6.24. The van der Waals surface area contributed by atoms with Crippen molar-refractivity contribution in [2.24, 2.45) is 0 Å². The molecular formula is C23H21N5O4. The molecule has 3 heterocycles. The minimum atomic E-state index is -0.120. The molecule has 2 aromatic heterocycles. The molecule has 0 aliphatic carbocycles. The summed E-state index contributed by atoms with van der Waals surface area (Å²) in [4.78, 5) is 21.4. The normalized spacial score (nSPS) is 12.0. The van der Waals surface area contributed by atoms with Crippen molar-refractivity contribution >= 4 is 23.1 Å². The number of fused-ring (bicyclic) bond motifs is 2. The fraction of sp³-hybridized carbons (Fsp3) is 0.174. The molecule has 2 aromatic carbocycles. The number of rotatable bonds is 7. The zero-order valence-corrected chi connectivity index (χ0v) is 17.4. The first kappa shape index (κ1) is 19.7. The van der Waals surface area contributed by atoms with Gasteiger partial charge in [0.15, 0.2) is 17.1 Å². The van der Waals surface area contributed by atoms with Crippen molar-refractivity contribution in [3.05, 3.63) is 61.1 Å². The number of carbonyl (C=O) groups is 1. The highest BCUT2D eigenvalue weighted by atomic mass is 16.7. The molecule has 0 spiro atoms. The van der Waals surface area contributed by atoms with Crippen LogP contribution in [0.15, 0.2) is 61.1 Å². The second-order valence-electron chi connectivity index (χ2n) is 7.11. The number of carbonyl (C=O) groups excluding carboxylic acids is 1. The van der Waals surface area contributed by atoms with Crippen LogP contribution in [0.3, 0.4) is 0 Å². The van der Waals surface area contributed by atoms with Crippen LogP contribution >= 0.6 is 0 Å². The van der Waals surface area contributed by atoms with E-state index in [9.17, 15) is 4.79 Å². The summed E-state index contributed by atoms with van der Waals surface area (Å²) in [6, 6.07) is 13.0. The standard InChI is InChI=1S/C23H21N5O4/c1-30-17-5-3-2-4-16(17)22-23(28-11-10-24-13-20(28)27-22)25-9-8-21(29)26-15-6-7-18-19(12-15)32-14-31-18/h2-7,10-13,25H,8-9,14H2,1H3,(H,26,29). The summed E-state index contributed by atoms with van der Waals surface area (Å²) >= 11 is 0. The molecule has 0 saturated carbocycles. The number of nitrogens with zero attached hydrogens (tertiary/aromatic N) is 3. The Morgan fingerprint density at radius 2 is 2.06 bits per heavy atom. The molecule has 1 aliphatic heterocycles. The van der Waals surface area contributed by atoms with E-state index >= 15 is 0 Å². The van der Waals surface area contributed by atoms with Crippen LogP contribution in [-0.4, -0.2) is 40.7 Å². The Kier molecular flexibility index (Phi) is 5.20. The first-order valence-corrected chi connectivity index (χ1v) is 10.1. The molecule has 32 heavy (non-hydrogen) atoms. The Morgan fingerprint density at radius 3 is 2.97 bits per heavy atom. The van der Waals surface area contributed by atoms with Crippen LogP contribution in [0.1, 0.15) is 6.42 Å². The molecule has 0 unspecified atom stereocenters. The number of anilines is 2. The molecule has 9 nitrogen and oxygen atoms in total. The Balaban J connectivity index is 1.32. The second kappa shape index (κ2) is 8.46. The van der Waals surface area contributed by atoms with Gasteiger partial charge in [-0.25, -0.2) is 4.98 Å². The van der Waals surface area contributed by atoms with E-state index in [-0.39, 0.29) is 19.1 Å². The van der Waals surface area contributed by atoms with E-state index < -0.39 is 0 Å². The van der Waals surface area contributed by atoms with E-state index in [1.54, 1.807) is 37.7 Å². The highest BCUT2D eigenvalue weighted by Crippen LogP contribution is 2.35. The maximum Gasteiger partial charge on any atom is 0.231 e. The quantitative estimate of drug-likeness (QED) is 0.461. The van der Waals surface area contributed by atoms with Crippen molar-refractivity contribution in [3.63, 3.8) is 0 Å². The summed E-state index contributed by atoms with van der Waals surface area (Å²) in [6.45, 7) is 0.606. The predicted octanol–water partition coefficient (Wildman–Crippen LogP) is 3.57. The molecule has 0 fully saturated rings. The lowest BCUT2D eigenvalue weighted by Gasteiger charge is -2.11. The van der Waals surface area contributed by atoms with Gasteiger partial charge in [0.1, 0.15) is 17.3 Å². The van der Waals surface area contributed by atoms with Crippen LogP contribution < -0.4 is 24.8 Å². The van der Waals surface area contributed by atoms with Crippen molar-refractivity contribution in [3.8, 4) is 28.5 Å². The zero-order valence-electron chi connectivity index (χ0n) is 17.4. The van der Waals surface area contributed by atoms with Crippen molar-refractivity contribution in [2.45, 2.75) is 6.42 Å². The van der Waals surface area contributed by atoms with Crippen LogP contribution in [0.2, 0.25) is 0 Å². The maximum atomic E-state index is 12.5. The number of aromatic nitrogens is 3. The second-order valence-corrected chi connectivity index (χ2v) is 7.11. The number of benzene rings is 2. The first-order valence-electron chi connectivity index (χ1n) is 10.1. The average molecular weight is 431 g/mol. The summed E-state index contributed by atoms with van der Waals surface area (Å²) < 4.78 is 18.1. The third kappa shape index (κ3) is 3.76. The van der Waals surface area contributed by atoms with Crippen molar-refractivity contribution < 1.29 is 19.0 Å². The lowest BCUT2D eigenvalue weighted by molar-refractivity contribution is -0.115. The Hall–Kier alpha value is -4.27. The van der Waals surface area contributed by atoms with E-state index in [0.29, 0.717) is 35.1 Å². The van der Waals surface area contributed by atoms with Crippen LogP contribution in [-0.2, 0) is 4.79 Å². The highest BCUT2D eigenvalue weighted by Gasteiger charge is 2.18. The monoisotopic (exact) mass is 431 g/mol. The van der Waals surface area contributed by atoms with E-state index in [4.69, 9.17) is 19.2 Å². The number of amides is 1. The van der Waals surface area contributed by atoms with Gasteiger partial charge in [0.25, 0.3) is 0 Å². The Morgan fingerprint density at radius 1 is 1.19 bits per heavy atom. The molecule has 0 bridgehead atoms. The van der Waals surface area contributed by atoms with Gasteiger partial charge >= 0.3 is 0 Å². The average Bonchev–Trinajstić information content (AvgIpc) is 3.43. The minimum Gasteiger partial charge on any atom is -0.496 e. The Bertz CT molecular complexity index is 1290. The van der Waals surface area contributed by atoms with Crippen LogP contribution in [0.4, 0.5) is 11.5 Å². The van der Waals surface area contributed by atoms with Gasteiger partial charge in [-0.1, -0.05) is 12.1 Å². The number of ether oxygens (including phenoxy) is 3. The summed E-state index contributed by atoms with van der Waals surface area (Å²) in [5.41, 5.74) is 2.94. The highest BCUT2D eigenvalue weighted by molar-refractivity contribution is 5.91. The summed E-state index contributed by atoms with van der Waals surface area (Å²) in [7, 11) is 1.63. The van der Waals surface area contributed by atoms with Crippen LogP contribution in [0, 0.1) is 0 Å². The van der Waals surface area contributed by atoms with Gasteiger partial charge in [0, 0.05) is 42.7 Å². The summed E-state index contributed by atoms with van der Waals surface area (Å²) in [6.07, 6.45) is 5.48. The van der Waals surface area contributed by atoms with Gasteiger partial charge in [-0.2, -0.15) is 0 Å². The topological polar surface area (TPSA) is 99.0 Å². The molecular weight excluding hydrogens is 410 g/mol. The first-order chi connectivity index (χ1) is 15.7. The van der Waals surface area contributed by atoms with Gasteiger partial charge in [0.05, 0.1) is 13.3 Å². The van der Waals surface area contributed by atoms with Crippen LogP contribution in [0.5, 0.6) is 17.2 Å². The minimum absolute atomic E-state index is 0.120. The fourth-order valence-electron chi connectivity index (χ4n) is 3.60. The molecule has 5 rings (SSSR count). The number of imidazole rings is 1. The molecule has 0 radical (unpaired) electrons. The number of nitrogens with one attached hydrogen (secondary N) is 2. The molecule has 0 atom stereocenters. The van der Waals surface area contributed by atoms with E-state index in [2.05, 4.69) is 15.6 Å². The van der Waals surface area contributed by atoms with E-state index in [1.165, 1.54) is 0 Å². The number of hydrogen-bond acceptors (Lipinski definition) is 7. The molecule has 1 amide bonds. The van der Waals surface area contributed by atoms with Crippen molar-refractivity contribution in [1.29, 1.82) is 0 Å². The number of para-hydroxylation sites is 1. The molecule has 162 valence electrons. The zero-order chi connectivity index (χ0) is 21.9. The molecule has 4 aromatic rings. The number of hydrogen-bond donors (Lipinski definition) is 2. The van der Waals surface area contributed by atoms with Crippen LogP contribution in [0.25, 0.3) is 16.9 Å². The van der Waals surface area contributed by atoms with Gasteiger partial charge in [-0.3, -0.25) is 14.2 Å². The smallest absolute Gasteiger partial charge is 0.231 e. The molecule has 9 heteroatoms. The molecule has 2 N–H and O–H groups in total. The Labute approximate surface area is 184 Å². The van der Waals surface area contributed by atoms with Gasteiger partial charge in [-0.15, -0.1) is 0 Å².